The van der Waals surface area contributed by atoms with Gasteiger partial charge in [0.05, 0.1) is 11.1 Å². The van der Waals surface area contributed by atoms with Crippen LogP contribution in [0.1, 0.15) is 47.1 Å². The molecular formula is C27H29BrN2O4. The highest BCUT2D eigenvalue weighted by Crippen LogP contribution is 2.27. The molecule has 6 nitrogen and oxygen atoms in total. The Morgan fingerprint density at radius 2 is 1.41 bits per heavy atom. The molecule has 7 heteroatoms. The molecule has 34 heavy (non-hydrogen) atoms. The predicted molar refractivity (Wildman–Crippen MR) is 139 cm³/mol. The molecule has 0 saturated heterocycles. The van der Waals surface area contributed by atoms with Crippen molar-refractivity contribution in [3.63, 3.8) is 0 Å². The normalized spacial score (nSPS) is 11.1. The fourth-order valence-corrected chi connectivity index (χ4v) is 3.69. The molecule has 178 valence electrons. The minimum absolute atomic E-state index is 0.0223. The topological polar surface area (TPSA) is 76.7 Å². The van der Waals surface area contributed by atoms with E-state index in [1.54, 1.807) is 49.6 Å². The summed E-state index contributed by atoms with van der Waals surface area (Å²) in [6.07, 6.45) is 0. The van der Waals surface area contributed by atoms with Crippen LogP contribution in [0.3, 0.4) is 0 Å². The minimum Gasteiger partial charge on any atom is -0.490 e. The SMILES string of the molecule is COCCOc1ccc(C(=O)Nc2cccc(NC(=O)c3ccc(C(C)(C)C)cc3)c2)cc1Br. The summed E-state index contributed by atoms with van der Waals surface area (Å²) in [7, 11) is 1.61. The van der Waals surface area contributed by atoms with Crippen LogP contribution in [0.25, 0.3) is 0 Å². The van der Waals surface area contributed by atoms with E-state index in [2.05, 4.69) is 47.3 Å². The second kappa shape index (κ2) is 11.3. The zero-order valence-corrected chi connectivity index (χ0v) is 21.4. The molecule has 2 amide bonds. The van der Waals surface area contributed by atoms with E-state index in [9.17, 15) is 9.59 Å². The summed E-state index contributed by atoms with van der Waals surface area (Å²) in [6, 6.07) is 19.7. The van der Waals surface area contributed by atoms with Gasteiger partial charge in [0.1, 0.15) is 12.4 Å². The Morgan fingerprint density at radius 1 is 0.824 bits per heavy atom. The molecule has 3 aromatic rings. The van der Waals surface area contributed by atoms with Crippen LogP contribution in [-0.4, -0.2) is 32.1 Å². The molecule has 0 saturated carbocycles. The maximum atomic E-state index is 12.7. The van der Waals surface area contributed by atoms with E-state index >= 15 is 0 Å². The van der Waals surface area contributed by atoms with Crippen LogP contribution in [0.15, 0.2) is 71.2 Å². The molecule has 0 spiro atoms. The molecular weight excluding hydrogens is 496 g/mol. The Labute approximate surface area is 208 Å². The molecule has 3 rings (SSSR count). The molecule has 0 aromatic heterocycles. The lowest BCUT2D eigenvalue weighted by atomic mass is 9.87. The molecule has 0 aliphatic heterocycles. The van der Waals surface area contributed by atoms with Crippen LogP contribution in [-0.2, 0) is 10.2 Å². The van der Waals surface area contributed by atoms with E-state index in [0.717, 1.165) is 5.56 Å². The first-order chi connectivity index (χ1) is 16.2. The first kappa shape index (κ1) is 25.5. The third-order valence-corrected chi connectivity index (χ3v) is 5.75. The number of benzene rings is 3. The van der Waals surface area contributed by atoms with Crippen molar-refractivity contribution in [1.29, 1.82) is 0 Å². The average Bonchev–Trinajstić information content (AvgIpc) is 2.80. The number of carbonyl (C=O) groups is 2. The number of anilines is 2. The van der Waals surface area contributed by atoms with Crippen LogP contribution >= 0.6 is 15.9 Å². The minimum atomic E-state index is -0.273. The van der Waals surface area contributed by atoms with Crippen molar-refractivity contribution in [1.82, 2.24) is 0 Å². The number of methoxy groups -OCH3 is 1. The molecule has 0 fully saturated rings. The van der Waals surface area contributed by atoms with Crippen LogP contribution in [0.4, 0.5) is 11.4 Å². The summed E-state index contributed by atoms with van der Waals surface area (Å²) in [5, 5.41) is 5.75. The zero-order valence-electron chi connectivity index (χ0n) is 19.8. The molecule has 0 atom stereocenters. The number of nitrogens with one attached hydrogen (secondary N) is 2. The van der Waals surface area contributed by atoms with Crippen LogP contribution in [0, 0.1) is 0 Å². The van der Waals surface area contributed by atoms with E-state index in [0.29, 0.717) is 45.9 Å². The van der Waals surface area contributed by atoms with E-state index in [-0.39, 0.29) is 17.2 Å². The Morgan fingerprint density at radius 3 is 1.97 bits per heavy atom. The van der Waals surface area contributed by atoms with E-state index < -0.39 is 0 Å². The van der Waals surface area contributed by atoms with Gasteiger partial charge in [-0.3, -0.25) is 9.59 Å². The Kier molecular flexibility index (Phi) is 8.47. The van der Waals surface area contributed by atoms with Gasteiger partial charge in [-0.15, -0.1) is 0 Å². The number of carbonyl (C=O) groups excluding carboxylic acids is 2. The van der Waals surface area contributed by atoms with Gasteiger partial charge in [0.2, 0.25) is 0 Å². The predicted octanol–water partition coefficient (Wildman–Crippen LogP) is 6.28. The van der Waals surface area contributed by atoms with Gasteiger partial charge in [-0.25, -0.2) is 0 Å². The fraction of sp³-hybridized carbons (Fsp3) is 0.259. The number of hydrogen-bond acceptors (Lipinski definition) is 4. The molecule has 0 aliphatic carbocycles. The van der Waals surface area contributed by atoms with Crippen molar-refractivity contribution < 1.29 is 19.1 Å². The van der Waals surface area contributed by atoms with Gasteiger partial charge in [-0.2, -0.15) is 0 Å². The summed E-state index contributed by atoms with van der Waals surface area (Å²) < 4.78 is 11.3. The van der Waals surface area contributed by atoms with Gasteiger partial charge < -0.3 is 20.1 Å². The van der Waals surface area contributed by atoms with Gasteiger partial charge in [0.25, 0.3) is 11.8 Å². The van der Waals surface area contributed by atoms with Gasteiger partial charge in [0.15, 0.2) is 0 Å². The molecule has 3 aromatic carbocycles. The van der Waals surface area contributed by atoms with E-state index in [1.807, 2.05) is 24.3 Å². The van der Waals surface area contributed by atoms with Crippen LogP contribution < -0.4 is 15.4 Å². The average molecular weight is 525 g/mol. The van der Waals surface area contributed by atoms with Crippen molar-refractivity contribution in [3.05, 3.63) is 87.9 Å². The first-order valence-electron chi connectivity index (χ1n) is 10.9. The fourth-order valence-electron chi connectivity index (χ4n) is 3.20. The molecule has 0 heterocycles. The lowest BCUT2D eigenvalue weighted by Gasteiger charge is -2.19. The van der Waals surface area contributed by atoms with Crippen molar-refractivity contribution in [2.24, 2.45) is 0 Å². The highest BCUT2D eigenvalue weighted by atomic mass is 79.9. The second-order valence-corrected chi connectivity index (χ2v) is 9.66. The summed E-state index contributed by atoms with van der Waals surface area (Å²) in [5.74, 6) is 0.149. The summed E-state index contributed by atoms with van der Waals surface area (Å²) in [4.78, 5) is 25.4. The highest BCUT2D eigenvalue weighted by Gasteiger charge is 2.15. The first-order valence-corrected chi connectivity index (χ1v) is 11.7. The number of ether oxygens (including phenoxy) is 2. The summed E-state index contributed by atoms with van der Waals surface area (Å²) in [6.45, 7) is 7.28. The molecule has 0 unspecified atom stereocenters. The Hall–Kier alpha value is -3.16. The van der Waals surface area contributed by atoms with Crippen molar-refractivity contribution in [2.45, 2.75) is 26.2 Å². The number of halogens is 1. The maximum Gasteiger partial charge on any atom is 0.255 e. The Bertz CT molecular complexity index is 1150. The smallest absolute Gasteiger partial charge is 0.255 e. The highest BCUT2D eigenvalue weighted by molar-refractivity contribution is 9.10. The summed E-state index contributed by atoms with van der Waals surface area (Å²) in [5.41, 5.74) is 3.39. The van der Waals surface area contributed by atoms with Gasteiger partial charge in [-0.05, 0) is 75.4 Å². The van der Waals surface area contributed by atoms with Crippen molar-refractivity contribution in [3.8, 4) is 5.75 Å². The molecule has 0 aliphatic rings. The molecule has 0 bridgehead atoms. The third kappa shape index (κ3) is 6.92. The van der Waals surface area contributed by atoms with Gasteiger partial charge in [-0.1, -0.05) is 39.0 Å². The van der Waals surface area contributed by atoms with Gasteiger partial charge in [0, 0.05) is 29.6 Å². The van der Waals surface area contributed by atoms with Crippen molar-refractivity contribution in [2.75, 3.05) is 31.0 Å². The third-order valence-electron chi connectivity index (χ3n) is 5.13. The van der Waals surface area contributed by atoms with E-state index in [1.165, 1.54) is 0 Å². The van der Waals surface area contributed by atoms with Crippen molar-refractivity contribution >= 4 is 39.1 Å². The molecule has 2 N–H and O–H groups in total. The van der Waals surface area contributed by atoms with E-state index in [4.69, 9.17) is 9.47 Å². The number of amides is 2. The maximum absolute atomic E-state index is 12.7. The van der Waals surface area contributed by atoms with Crippen LogP contribution in [0.5, 0.6) is 5.75 Å². The largest absolute Gasteiger partial charge is 0.490 e. The number of rotatable bonds is 8. The summed E-state index contributed by atoms with van der Waals surface area (Å²) >= 11 is 3.44. The Balaban J connectivity index is 1.64. The lowest BCUT2D eigenvalue weighted by Crippen LogP contribution is -2.15. The molecule has 0 radical (unpaired) electrons. The second-order valence-electron chi connectivity index (χ2n) is 8.80. The lowest BCUT2D eigenvalue weighted by molar-refractivity contribution is 0.101. The standard InChI is InChI=1S/C27H29BrN2O4/c1-27(2,3)20-11-8-18(9-12-20)25(31)29-21-6-5-7-22(17-21)30-26(32)19-10-13-24(23(28)16-19)34-15-14-33-4/h5-13,16-17H,14-15H2,1-4H3,(H,29,31)(H,30,32). The zero-order chi connectivity index (χ0) is 24.7. The monoisotopic (exact) mass is 524 g/mol. The number of hydrogen-bond donors (Lipinski definition) is 2. The van der Waals surface area contributed by atoms with Gasteiger partial charge >= 0.3 is 0 Å². The quantitative estimate of drug-likeness (QED) is 0.340. The van der Waals surface area contributed by atoms with Crippen LogP contribution in [0.2, 0.25) is 0 Å².